The van der Waals surface area contributed by atoms with E-state index < -0.39 is 0 Å². The number of nitrogens with one attached hydrogen (secondary N) is 1. The van der Waals surface area contributed by atoms with E-state index in [1.807, 2.05) is 0 Å². The van der Waals surface area contributed by atoms with Crippen molar-refractivity contribution in [3.8, 4) is 0 Å². The third-order valence-corrected chi connectivity index (χ3v) is 4.16. The predicted octanol–water partition coefficient (Wildman–Crippen LogP) is 3.60. The monoisotopic (exact) mass is 217 g/mol. The highest BCUT2D eigenvalue weighted by Gasteiger charge is 2.30. The molecule has 1 aromatic rings. The molecule has 1 saturated carbocycles. The minimum atomic E-state index is 0.727. The molecule has 1 N–H and O–H groups in total. The minimum Gasteiger partial charge on any atom is -0.310 e. The Morgan fingerprint density at radius 3 is 2.56 bits per heavy atom. The van der Waals surface area contributed by atoms with Crippen LogP contribution in [0.4, 0.5) is 0 Å². The third kappa shape index (κ3) is 2.65. The first-order valence-corrected chi connectivity index (χ1v) is 6.58. The summed E-state index contributed by atoms with van der Waals surface area (Å²) in [6.07, 6.45) is 4.10. The standard InChI is InChI=1S/C15H23N/c1-3-14-9-10-15(12(14)2)16-11-13-7-5-4-6-8-13/h4-8,12,14-16H,3,9-11H2,1-2H3. The van der Waals surface area contributed by atoms with E-state index in [0.29, 0.717) is 0 Å². The van der Waals surface area contributed by atoms with Gasteiger partial charge < -0.3 is 5.32 Å². The lowest BCUT2D eigenvalue weighted by molar-refractivity contribution is 0.344. The summed E-state index contributed by atoms with van der Waals surface area (Å²) in [5.74, 6) is 1.78. The predicted molar refractivity (Wildman–Crippen MR) is 69.2 cm³/mol. The van der Waals surface area contributed by atoms with Crippen LogP contribution in [0, 0.1) is 11.8 Å². The van der Waals surface area contributed by atoms with Crippen LogP contribution in [-0.2, 0) is 6.54 Å². The summed E-state index contributed by atoms with van der Waals surface area (Å²) in [5.41, 5.74) is 1.40. The molecule has 0 saturated heterocycles. The maximum atomic E-state index is 3.71. The SMILES string of the molecule is CCC1CCC(NCc2ccccc2)C1C. The van der Waals surface area contributed by atoms with Gasteiger partial charge in [-0.05, 0) is 30.2 Å². The highest BCUT2D eigenvalue weighted by molar-refractivity contribution is 5.14. The third-order valence-electron chi connectivity index (χ3n) is 4.16. The molecule has 0 heterocycles. The molecule has 2 rings (SSSR count). The number of benzene rings is 1. The maximum absolute atomic E-state index is 3.71. The van der Waals surface area contributed by atoms with Gasteiger partial charge in [-0.2, -0.15) is 0 Å². The zero-order valence-electron chi connectivity index (χ0n) is 10.4. The van der Waals surface area contributed by atoms with Crippen molar-refractivity contribution < 1.29 is 0 Å². The largest absolute Gasteiger partial charge is 0.310 e. The summed E-state index contributed by atoms with van der Waals surface area (Å²) < 4.78 is 0. The lowest BCUT2D eigenvalue weighted by atomic mass is 9.93. The van der Waals surface area contributed by atoms with Crippen LogP contribution in [0.25, 0.3) is 0 Å². The first kappa shape index (κ1) is 11.7. The Kier molecular flexibility index (Phi) is 4.00. The van der Waals surface area contributed by atoms with Crippen molar-refractivity contribution in [2.24, 2.45) is 11.8 Å². The Morgan fingerprint density at radius 2 is 1.94 bits per heavy atom. The van der Waals surface area contributed by atoms with Crippen LogP contribution in [0.3, 0.4) is 0 Å². The molecule has 1 aromatic carbocycles. The van der Waals surface area contributed by atoms with Gasteiger partial charge in [-0.15, -0.1) is 0 Å². The summed E-state index contributed by atoms with van der Waals surface area (Å²) in [5, 5.41) is 3.71. The molecule has 0 amide bonds. The molecule has 0 aromatic heterocycles. The Labute approximate surface area is 99.3 Å². The summed E-state index contributed by atoms with van der Waals surface area (Å²) in [6, 6.07) is 11.4. The van der Waals surface area contributed by atoms with E-state index in [1.54, 1.807) is 0 Å². The summed E-state index contributed by atoms with van der Waals surface area (Å²) >= 11 is 0. The fourth-order valence-corrected chi connectivity index (χ4v) is 2.96. The molecular formula is C15H23N. The molecule has 1 nitrogen and oxygen atoms in total. The fourth-order valence-electron chi connectivity index (χ4n) is 2.96. The van der Waals surface area contributed by atoms with Crippen LogP contribution >= 0.6 is 0 Å². The van der Waals surface area contributed by atoms with Crippen LogP contribution in [0.2, 0.25) is 0 Å². The van der Waals surface area contributed by atoms with Crippen molar-refractivity contribution in [1.29, 1.82) is 0 Å². The van der Waals surface area contributed by atoms with Gasteiger partial charge >= 0.3 is 0 Å². The van der Waals surface area contributed by atoms with Gasteiger partial charge in [0.25, 0.3) is 0 Å². The second-order valence-electron chi connectivity index (χ2n) is 5.08. The lowest BCUT2D eigenvalue weighted by Gasteiger charge is -2.21. The molecule has 1 fully saturated rings. The van der Waals surface area contributed by atoms with Gasteiger partial charge in [0.2, 0.25) is 0 Å². The molecule has 88 valence electrons. The van der Waals surface area contributed by atoms with Gasteiger partial charge in [0.05, 0.1) is 0 Å². The van der Waals surface area contributed by atoms with E-state index in [4.69, 9.17) is 0 Å². The molecule has 1 aliphatic carbocycles. The molecule has 0 radical (unpaired) electrons. The summed E-state index contributed by atoms with van der Waals surface area (Å²) in [4.78, 5) is 0. The molecule has 0 spiro atoms. The van der Waals surface area contributed by atoms with Gasteiger partial charge in [0.1, 0.15) is 0 Å². The number of hydrogen-bond donors (Lipinski definition) is 1. The van der Waals surface area contributed by atoms with Crippen molar-refractivity contribution in [2.75, 3.05) is 0 Å². The first-order chi connectivity index (χ1) is 7.81. The average molecular weight is 217 g/mol. The van der Waals surface area contributed by atoms with Crippen LogP contribution in [-0.4, -0.2) is 6.04 Å². The van der Waals surface area contributed by atoms with Gasteiger partial charge in [-0.3, -0.25) is 0 Å². The minimum absolute atomic E-state index is 0.727. The molecule has 3 atom stereocenters. The molecule has 0 bridgehead atoms. The summed E-state index contributed by atoms with van der Waals surface area (Å²) in [7, 11) is 0. The fraction of sp³-hybridized carbons (Fsp3) is 0.600. The summed E-state index contributed by atoms with van der Waals surface area (Å²) in [6.45, 7) is 5.75. The number of rotatable bonds is 4. The van der Waals surface area contributed by atoms with Crippen molar-refractivity contribution in [1.82, 2.24) is 5.32 Å². The molecule has 0 aliphatic heterocycles. The van der Waals surface area contributed by atoms with Crippen LogP contribution < -0.4 is 5.32 Å². The molecule has 3 unspecified atom stereocenters. The highest BCUT2D eigenvalue weighted by atomic mass is 14.9. The smallest absolute Gasteiger partial charge is 0.0208 e. The van der Waals surface area contributed by atoms with E-state index in [9.17, 15) is 0 Å². The first-order valence-electron chi connectivity index (χ1n) is 6.58. The zero-order valence-corrected chi connectivity index (χ0v) is 10.4. The van der Waals surface area contributed by atoms with Crippen LogP contribution in [0.15, 0.2) is 30.3 Å². The van der Waals surface area contributed by atoms with Gasteiger partial charge in [0, 0.05) is 12.6 Å². The molecule has 1 heteroatoms. The Balaban J connectivity index is 1.83. The van der Waals surface area contributed by atoms with E-state index in [1.165, 1.54) is 24.8 Å². The Bertz CT molecular complexity index is 306. The average Bonchev–Trinajstić information content (AvgIpc) is 2.69. The van der Waals surface area contributed by atoms with Crippen molar-refractivity contribution in [2.45, 2.75) is 45.7 Å². The van der Waals surface area contributed by atoms with Crippen molar-refractivity contribution >= 4 is 0 Å². The molecular weight excluding hydrogens is 194 g/mol. The lowest BCUT2D eigenvalue weighted by Crippen LogP contribution is -2.32. The van der Waals surface area contributed by atoms with E-state index in [2.05, 4.69) is 49.5 Å². The van der Waals surface area contributed by atoms with Crippen LogP contribution in [0.1, 0.15) is 38.7 Å². The van der Waals surface area contributed by atoms with E-state index in [0.717, 1.165) is 24.4 Å². The van der Waals surface area contributed by atoms with Crippen molar-refractivity contribution in [3.63, 3.8) is 0 Å². The van der Waals surface area contributed by atoms with Gasteiger partial charge in [-0.1, -0.05) is 50.6 Å². The quantitative estimate of drug-likeness (QED) is 0.812. The second kappa shape index (κ2) is 5.49. The van der Waals surface area contributed by atoms with Crippen molar-refractivity contribution in [3.05, 3.63) is 35.9 Å². The molecule has 16 heavy (non-hydrogen) atoms. The van der Waals surface area contributed by atoms with E-state index in [-0.39, 0.29) is 0 Å². The topological polar surface area (TPSA) is 12.0 Å². The Morgan fingerprint density at radius 1 is 1.19 bits per heavy atom. The number of hydrogen-bond acceptors (Lipinski definition) is 1. The Hall–Kier alpha value is -0.820. The normalized spacial score (nSPS) is 29.5. The molecule has 1 aliphatic rings. The van der Waals surface area contributed by atoms with E-state index >= 15 is 0 Å². The van der Waals surface area contributed by atoms with Gasteiger partial charge in [0.15, 0.2) is 0 Å². The highest BCUT2D eigenvalue weighted by Crippen LogP contribution is 2.33. The second-order valence-corrected chi connectivity index (χ2v) is 5.08. The maximum Gasteiger partial charge on any atom is 0.0208 e. The zero-order chi connectivity index (χ0) is 11.4. The van der Waals surface area contributed by atoms with Gasteiger partial charge in [-0.25, -0.2) is 0 Å². The van der Waals surface area contributed by atoms with Crippen LogP contribution in [0.5, 0.6) is 0 Å².